The molecule has 0 atom stereocenters. The Morgan fingerprint density at radius 2 is 2.23 bits per heavy atom. The van der Waals surface area contributed by atoms with Crippen LogP contribution in [0.1, 0.15) is 6.92 Å². The van der Waals surface area contributed by atoms with Gasteiger partial charge in [-0.25, -0.2) is 4.79 Å². The van der Waals surface area contributed by atoms with Crippen LogP contribution in [-0.2, 0) is 4.79 Å². The molecule has 0 aromatic heterocycles. The molecule has 2 rings (SSSR count). The van der Waals surface area contributed by atoms with Crippen LogP contribution in [0.2, 0.25) is 0 Å². The minimum atomic E-state index is -1.17. The molecule has 1 aromatic rings. The van der Waals surface area contributed by atoms with E-state index in [-0.39, 0.29) is 37.7 Å². The standard InChI is InChI=1S/C13H15N3O6/c1-2-14(13(18)19)8-12(17)15-5-6-22-11-7-9(16(20)21)3-4-10(11)15/h3-4,7H,2,5-6,8H2,1H3,(H,18,19). The fourth-order valence-electron chi connectivity index (χ4n) is 2.14. The predicted octanol–water partition coefficient (Wildman–Crippen LogP) is 1.32. The van der Waals surface area contributed by atoms with Gasteiger partial charge in [-0.15, -0.1) is 0 Å². The minimum absolute atomic E-state index is 0.131. The summed E-state index contributed by atoms with van der Waals surface area (Å²) in [5, 5.41) is 19.7. The number of carbonyl (C=O) groups is 2. The SMILES string of the molecule is CCN(CC(=O)N1CCOc2cc([N+](=O)[O-])ccc21)C(=O)O. The number of non-ortho nitro benzene ring substituents is 1. The van der Waals surface area contributed by atoms with Crippen molar-refractivity contribution in [2.75, 3.05) is 31.1 Å². The van der Waals surface area contributed by atoms with Crippen LogP contribution in [0.3, 0.4) is 0 Å². The molecule has 118 valence electrons. The van der Waals surface area contributed by atoms with E-state index in [1.54, 1.807) is 6.92 Å². The second-order valence-electron chi connectivity index (χ2n) is 4.60. The summed E-state index contributed by atoms with van der Waals surface area (Å²) in [6.45, 7) is 2.01. The zero-order valence-electron chi connectivity index (χ0n) is 11.9. The Morgan fingerprint density at radius 3 is 2.82 bits per heavy atom. The molecule has 0 radical (unpaired) electrons. The first kappa shape index (κ1) is 15.5. The van der Waals surface area contributed by atoms with E-state index in [0.717, 1.165) is 4.90 Å². The fourth-order valence-corrected chi connectivity index (χ4v) is 2.14. The number of benzene rings is 1. The van der Waals surface area contributed by atoms with Crippen LogP contribution in [0.4, 0.5) is 16.2 Å². The molecule has 9 heteroatoms. The molecule has 0 unspecified atom stereocenters. The smallest absolute Gasteiger partial charge is 0.407 e. The number of carbonyl (C=O) groups excluding carboxylic acids is 1. The molecule has 22 heavy (non-hydrogen) atoms. The molecule has 1 N–H and O–H groups in total. The monoisotopic (exact) mass is 309 g/mol. The number of fused-ring (bicyclic) bond motifs is 1. The molecule has 9 nitrogen and oxygen atoms in total. The lowest BCUT2D eigenvalue weighted by Gasteiger charge is -2.30. The van der Waals surface area contributed by atoms with Gasteiger partial charge in [-0.05, 0) is 13.0 Å². The molecule has 0 fully saturated rings. The van der Waals surface area contributed by atoms with Crippen molar-refractivity contribution in [3.05, 3.63) is 28.3 Å². The summed E-state index contributed by atoms with van der Waals surface area (Å²) in [5.41, 5.74) is 0.275. The van der Waals surface area contributed by atoms with E-state index >= 15 is 0 Å². The molecule has 0 bridgehead atoms. The number of anilines is 1. The lowest BCUT2D eigenvalue weighted by atomic mass is 10.2. The summed E-state index contributed by atoms with van der Waals surface area (Å²) < 4.78 is 5.35. The number of carboxylic acid groups (broad SMARTS) is 1. The normalized spacial score (nSPS) is 13.0. The second-order valence-corrected chi connectivity index (χ2v) is 4.60. The van der Waals surface area contributed by atoms with Crippen molar-refractivity contribution >= 4 is 23.4 Å². The Kier molecular flexibility index (Phi) is 4.44. The second kappa shape index (κ2) is 6.29. The van der Waals surface area contributed by atoms with Gasteiger partial charge < -0.3 is 14.7 Å². The first-order valence-electron chi connectivity index (χ1n) is 6.63. The largest absolute Gasteiger partial charge is 0.489 e. The third-order valence-corrected chi connectivity index (χ3v) is 3.30. The Balaban J connectivity index is 2.23. The van der Waals surface area contributed by atoms with E-state index in [0.29, 0.717) is 5.69 Å². The molecular weight excluding hydrogens is 294 g/mol. The van der Waals surface area contributed by atoms with Crippen LogP contribution < -0.4 is 9.64 Å². The summed E-state index contributed by atoms with van der Waals surface area (Å²) >= 11 is 0. The van der Waals surface area contributed by atoms with Crippen molar-refractivity contribution in [2.45, 2.75) is 6.92 Å². The van der Waals surface area contributed by atoms with Crippen molar-refractivity contribution in [1.29, 1.82) is 0 Å². The number of ether oxygens (including phenoxy) is 1. The van der Waals surface area contributed by atoms with Gasteiger partial charge in [-0.1, -0.05) is 0 Å². The number of nitro benzene ring substituents is 1. The molecule has 1 heterocycles. The van der Waals surface area contributed by atoms with Gasteiger partial charge in [-0.3, -0.25) is 19.8 Å². The Morgan fingerprint density at radius 1 is 1.50 bits per heavy atom. The molecule has 0 aliphatic carbocycles. The van der Waals surface area contributed by atoms with Crippen LogP contribution in [0.25, 0.3) is 0 Å². The van der Waals surface area contributed by atoms with Crippen molar-refractivity contribution < 1.29 is 24.4 Å². The number of likely N-dealkylation sites (N-methyl/N-ethyl adjacent to an activating group) is 1. The Bertz CT molecular complexity index is 618. The van der Waals surface area contributed by atoms with Crippen LogP contribution in [0, 0.1) is 10.1 Å². The summed E-state index contributed by atoms with van der Waals surface area (Å²) in [6.07, 6.45) is -1.17. The molecule has 1 aliphatic rings. The van der Waals surface area contributed by atoms with Crippen molar-refractivity contribution in [1.82, 2.24) is 4.90 Å². The van der Waals surface area contributed by atoms with Gasteiger partial charge in [0.1, 0.15) is 18.9 Å². The van der Waals surface area contributed by atoms with E-state index in [9.17, 15) is 19.7 Å². The lowest BCUT2D eigenvalue weighted by molar-refractivity contribution is -0.384. The number of hydrogen-bond donors (Lipinski definition) is 1. The quantitative estimate of drug-likeness (QED) is 0.663. The number of nitro groups is 1. The maximum atomic E-state index is 12.3. The predicted molar refractivity (Wildman–Crippen MR) is 76.2 cm³/mol. The molecule has 0 saturated heterocycles. The average Bonchev–Trinajstić information content (AvgIpc) is 2.50. The van der Waals surface area contributed by atoms with E-state index in [1.807, 2.05) is 0 Å². The maximum Gasteiger partial charge on any atom is 0.407 e. The third-order valence-electron chi connectivity index (χ3n) is 3.30. The van der Waals surface area contributed by atoms with E-state index in [2.05, 4.69) is 0 Å². The van der Waals surface area contributed by atoms with E-state index in [1.165, 1.54) is 23.1 Å². The minimum Gasteiger partial charge on any atom is -0.489 e. The van der Waals surface area contributed by atoms with Gasteiger partial charge in [0.25, 0.3) is 5.69 Å². The number of amides is 2. The lowest BCUT2D eigenvalue weighted by Crippen LogP contribution is -2.45. The maximum absolute atomic E-state index is 12.3. The summed E-state index contributed by atoms with van der Waals surface area (Å²) in [5.74, 6) is -0.158. The zero-order valence-corrected chi connectivity index (χ0v) is 11.9. The highest BCUT2D eigenvalue weighted by Crippen LogP contribution is 2.34. The van der Waals surface area contributed by atoms with Crippen molar-refractivity contribution in [3.63, 3.8) is 0 Å². The number of rotatable bonds is 4. The highest BCUT2D eigenvalue weighted by atomic mass is 16.6. The summed E-state index contributed by atoms with van der Waals surface area (Å²) in [7, 11) is 0. The van der Waals surface area contributed by atoms with Gasteiger partial charge in [0.15, 0.2) is 0 Å². The van der Waals surface area contributed by atoms with Gasteiger partial charge in [-0.2, -0.15) is 0 Å². The molecule has 1 aliphatic heterocycles. The van der Waals surface area contributed by atoms with Crippen LogP contribution >= 0.6 is 0 Å². The number of hydrogen-bond acceptors (Lipinski definition) is 5. The zero-order chi connectivity index (χ0) is 16.3. The Hall–Kier alpha value is -2.84. The van der Waals surface area contributed by atoms with Crippen LogP contribution in [0.15, 0.2) is 18.2 Å². The van der Waals surface area contributed by atoms with Crippen molar-refractivity contribution in [2.24, 2.45) is 0 Å². The third kappa shape index (κ3) is 3.08. The first-order chi connectivity index (χ1) is 10.4. The van der Waals surface area contributed by atoms with E-state index in [4.69, 9.17) is 9.84 Å². The molecule has 0 saturated carbocycles. The van der Waals surface area contributed by atoms with Gasteiger partial charge in [0, 0.05) is 12.6 Å². The Labute approximate surface area is 125 Å². The molecule has 0 spiro atoms. The van der Waals surface area contributed by atoms with Crippen LogP contribution in [-0.4, -0.2) is 53.2 Å². The van der Waals surface area contributed by atoms with Crippen LogP contribution in [0.5, 0.6) is 5.75 Å². The first-order valence-corrected chi connectivity index (χ1v) is 6.63. The van der Waals surface area contributed by atoms with E-state index < -0.39 is 16.9 Å². The van der Waals surface area contributed by atoms with Gasteiger partial charge in [0.05, 0.1) is 23.2 Å². The average molecular weight is 309 g/mol. The number of nitrogens with zero attached hydrogens (tertiary/aromatic N) is 3. The highest BCUT2D eigenvalue weighted by Gasteiger charge is 2.27. The summed E-state index contributed by atoms with van der Waals surface area (Å²) in [4.78, 5) is 35.8. The van der Waals surface area contributed by atoms with Crippen molar-refractivity contribution in [3.8, 4) is 5.75 Å². The summed E-state index contributed by atoms with van der Waals surface area (Å²) in [6, 6.07) is 3.97. The highest BCUT2D eigenvalue weighted by molar-refractivity contribution is 5.97. The molecule has 2 amide bonds. The van der Waals surface area contributed by atoms with Gasteiger partial charge in [0.2, 0.25) is 5.91 Å². The molecular formula is C13H15N3O6. The van der Waals surface area contributed by atoms with Gasteiger partial charge >= 0.3 is 6.09 Å². The topological polar surface area (TPSA) is 113 Å². The fraction of sp³-hybridized carbons (Fsp3) is 0.385. The molecule has 1 aromatic carbocycles.